The van der Waals surface area contributed by atoms with Gasteiger partial charge in [-0.15, -0.1) is 0 Å². The minimum Gasteiger partial charge on any atom is -0.481 e. The lowest BCUT2D eigenvalue weighted by atomic mass is 10.5. The molecule has 0 fully saturated rings. The molecule has 0 aromatic heterocycles. The predicted molar refractivity (Wildman–Crippen MR) is 28.3 cm³/mol. The average molecular weight is 138 g/mol. The van der Waals surface area contributed by atoms with E-state index < -0.39 is 14.0 Å². The van der Waals surface area contributed by atoms with E-state index in [1.54, 1.807) is 0 Å². The number of rotatable bonds is 3. The topological polar surface area (TPSA) is 74.6 Å². The van der Waals surface area contributed by atoms with Crippen LogP contribution in [0.3, 0.4) is 0 Å². The molecule has 0 saturated heterocycles. The SMILES string of the molecule is O=C(O)CC[PH](=O)O. The van der Waals surface area contributed by atoms with Gasteiger partial charge in [-0.2, -0.15) is 0 Å². The average Bonchev–Trinajstić information content (AvgIpc) is 1.61. The molecule has 5 heteroatoms. The molecule has 0 heterocycles. The van der Waals surface area contributed by atoms with Crippen molar-refractivity contribution in [3.8, 4) is 0 Å². The van der Waals surface area contributed by atoms with Crippen LogP contribution in [0.1, 0.15) is 6.42 Å². The first-order valence-electron chi connectivity index (χ1n) is 2.06. The number of carbonyl (C=O) groups is 1. The summed E-state index contributed by atoms with van der Waals surface area (Å²) in [5.41, 5.74) is 0. The van der Waals surface area contributed by atoms with E-state index in [0.717, 1.165) is 0 Å². The first kappa shape index (κ1) is 7.66. The normalized spacial score (nSPS) is 13.1. The molecule has 4 nitrogen and oxygen atoms in total. The fourth-order valence-corrected chi connectivity index (χ4v) is 0.642. The third kappa shape index (κ3) is 5.66. The Hall–Kier alpha value is -0.340. The Labute approximate surface area is 47.0 Å². The number of carboxylic acid groups (broad SMARTS) is 1. The summed E-state index contributed by atoms with van der Waals surface area (Å²) in [6, 6.07) is 0. The van der Waals surface area contributed by atoms with Gasteiger partial charge in [0, 0.05) is 6.16 Å². The molecule has 0 rings (SSSR count). The fraction of sp³-hybridized carbons (Fsp3) is 0.667. The molecular formula is C3H7O4P. The Bertz CT molecular complexity index is 95.9. The standard InChI is InChI=1S/C3H7O4P/c4-3(5)1-2-8(6)7/h8H,1-2H2,(H,4,5)(H,6,7). The van der Waals surface area contributed by atoms with Crippen LogP contribution in [0.2, 0.25) is 0 Å². The van der Waals surface area contributed by atoms with E-state index in [1.807, 2.05) is 0 Å². The molecule has 0 amide bonds. The van der Waals surface area contributed by atoms with Crippen LogP contribution in [-0.2, 0) is 9.36 Å². The summed E-state index contributed by atoms with van der Waals surface area (Å²) in [5, 5.41) is 7.93. The van der Waals surface area contributed by atoms with Gasteiger partial charge in [-0.05, 0) is 0 Å². The quantitative estimate of drug-likeness (QED) is 0.535. The molecule has 0 spiro atoms. The molecular weight excluding hydrogens is 131 g/mol. The third-order valence-corrected chi connectivity index (χ3v) is 1.23. The molecule has 0 saturated carbocycles. The van der Waals surface area contributed by atoms with E-state index in [4.69, 9.17) is 10.00 Å². The maximum atomic E-state index is 9.83. The van der Waals surface area contributed by atoms with Crippen LogP contribution in [0.5, 0.6) is 0 Å². The van der Waals surface area contributed by atoms with Gasteiger partial charge in [-0.3, -0.25) is 9.36 Å². The van der Waals surface area contributed by atoms with E-state index in [2.05, 4.69) is 0 Å². The van der Waals surface area contributed by atoms with Gasteiger partial charge in [0.1, 0.15) is 0 Å². The van der Waals surface area contributed by atoms with Crippen LogP contribution >= 0.6 is 8.03 Å². The lowest BCUT2D eigenvalue weighted by Gasteiger charge is -1.86. The van der Waals surface area contributed by atoms with E-state index in [9.17, 15) is 9.36 Å². The van der Waals surface area contributed by atoms with Gasteiger partial charge in [-0.1, -0.05) is 0 Å². The highest BCUT2D eigenvalue weighted by Gasteiger charge is 1.97. The maximum absolute atomic E-state index is 9.83. The Balaban J connectivity index is 3.18. The van der Waals surface area contributed by atoms with Crippen LogP contribution in [0, 0.1) is 0 Å². The first-order valence-corrected chi connectivity index (χ1v) is 3.63. The van der Waals surface area contributed by atoms with Gasteiger partial charge in [0.05, 0.1) is 6.42 Å². The minimum atomic E-state index is -2.56. The lowest BCUT2D eigenvalue weighted by Crippen LogP contribution is -1.95. The van der Waals surface area contributed by atoms with E-state index in [0.29, 0.717) is 0 Å². The maximum Gasteiger partial charge on any atom is 0.303 e. The molecule has 48 valence electrons. The van der Waals surface area contributed by atoms with Gasteiger partial charge in [0.2, 0.25) is 0 Å². The number of aliphatic carboxylic acids is 1. The smallest absolute Gasteiger partial charge is 0.303 e. The van der Waals surface area contributed by atoms with E-state index in [-0.39, 0.29) is 12.6 Å². The third-order valence-electron chi connectivity index (χ3n) is 0.553. The largest absolute Gasteiger partial charge is 0.481 e. The van der Waals surface area contributed by atoms with Gasteiger partial charge in [0.15, 0.2) is 8.03 Å². The van der Waals surface area contributed by atoms with Gasteiger partial charge < -0.3 is 10.00 Å². The summed E-state index contributed by atoms with van der Waals surface area (Å²) in [6.07, 6.45) is -0.325. The summed E-state index contributed by atoms with van der Waals surface area (Å²) in [6.45, 7) is 0. The van der Waals surface area contributed by atoms with Crippen LogP contribution in [0.15, 0.2) is 0 Å². The van der Waals surface area contributed by atoms with Crippen LogP contribution in [0.25, 0.3) is 0 Å². The van der Waals surface area contributed by atoms with Crippen molar-refractivity contribution in [1.29, 1.82) is 0 Å². The zero-order chi connectivity index (χ0) is 6.57. The van der Waals surface area contributed by atoms with Gasteiger partial charge in [-0.25, -0.2) is 0 Å². The number of hydrogen-bond acceptors (Lipinski definition) is 2. The molecule has 8 heavy (non-hydrogen) atoms. The molecule has 1 atom stereocenters. The minimum absolute atomic E-state index is 0.111. The molecule has 0 aromatic carbocycles. The van der Waals surface area contributed by atoms with Gasteiger partial charge >= 0.3 is 5.97 Å². The summed E-state index contributed by atoms with van der Waals surface area (Å²) >= 11 is 0. The summed E-state index contributed by atoms with van der Waals surface area (Å²) in [7, 11) is -2.56. The van der Waals surface area contributed by atoms with Crippen molar-refractivity contribution in [3.63, 3.8) is 0 Å². The number of carboxylic acids is 1. The van der Waals surface area contributed by atoms with E-state index in [1.165, 1.54) is 0 Å². The zero-order valence-electron chi connectivity index (χ0n) is 4.13. The Morgan fingerprint density at radius 3 is 2.25 bits per heavy atom. The van der Waals surface area contributed by atoms with Crippen molar-refractivity contribution in [2.45, 2.75) is 6.42 Å². The van der Waals surface area contributed by atoms with Crippen molar-refractivity contribution < 1.29 is 19.4 Å². The second-order valence-electron chi connectivity index (χ2n) is 1.29. The highest BCUT2D eigenvalue weighted by atomic mass is 31.1. The Kier molecular flexibility index (Phi) is 3.48. The van der Waals surface area contributed by atoms with Crippen molar-refractivity contribution >= 4 is 14.0 Å². The number of hydrogen-bond donors (Lipinski definition) is 2. The second kappa shape index (κ2) is 3.64. The van der Waals surface area contributed by atoms with Crippen molar-refractivity contribution in [2.75, 3.05) is 6.16 Å². The van der Waals surface area contributed by atoms with Crippen molar-refractivity contribution in [2.24, 2.45) is 0 Å². The Morgan fingerprint density at radius 1 is 1.62 bits per heavy atom. The van der Waals surface area contributed by atoms with Crippen molar-refractivity contribution in [3.05, 3.63) is 0 Å². The second-order valence-corrected chi connectivity index (χ2v) is 2.57. The summed E-state index contributed by atoms with van der Waals surface area (Å²) in [5.74, 6) is -1.03. The Morgan fingerprint density at radius 2 is 2.12 bits per heavy atom. The summed E-state index contributed by atoms with van der Waals surface area (Å²) in [4.78, 5) is 17.8. The highest BCUT2D eigenvalue weighted by molar-refractivity contribution is 7.38. The summed E-state index contributed by atoms with van der Waals surface area (Å²) < 4.78 is 9.83. The van der Waals surface area contributed by atoms with Crippen molar-refractivity contribution in [1.82, 2.24) is 0 Å². The molecule has 0 bridgehead atoms. The van der Waals surface area contributed by atoms with Crippen LogP contribution < -0.4 is 0 Å². The molecule has 2 N–H and O–H groups in total. The van der Waals surface area contributed by atoms with Crippen LogP contribution in [-0.4, -0.2) is 22.1 Å². The highest BCUT2D eigenvalue weighted by Crippen LogP contribution is 2.12. The molecule has 0 aliphatic carbocycles. The lowest BCUT2D eigenvalue weighted by molar-refractivity contribution is -0.136. The molecule has 0 radical (unpaired) electrons. The molecule has 1 unspecified atom stereocenters. The predicted octanol–water partition coefficient (Wildman–Crippen LogP) is -0.0719. The fourth-order valence-electron chi connectivity index (χ4n) is 0.214. The monoisotopic (exact) mass is 138 g/mol. The van der Waals surface area contributed by atoms with Crippen LogP contribution in [0.4, 0.5) is 0 Å². The molecule has 0 aliphatic rings. The van der Waals surface area contributed by atoms with Gasteiger partial charge in [0.25, 0.3) is 0 Å². The molecule has 0 aromatic rings. The first-order chi connectivity index (χ1) is 3.63. The zero-order valence-corrected chi connectivity index (χ0v) is 5.13. The van der Waals surface area contributed by atoms with E-state index >= 15 is 0 Å². The molecule has 0 aliphatic heterocycles.